The maximum Gasteiger partial charge on any atom is 0.319 e. The van der Waals surface area contributed by atoms with Crippen molar-refractivity contribution in [2.45, 2.75) is 12.5 Å². The molecule has 2 amide bonds. The monoisotopic (exact) mass is 235 g/mol. The molecule has 1 fully saturated rings. The number of rotatable bonds is 3. The van der Waals surface area contributed by atoms with E-state index in [4.69, 9.17) is 4.74 Å². The van der Waals surface area contributed by atoms with Crippen molar-refractivity contribution in [3.05, 3.63) is 24.3 Å². The van der Waals surface area contributed by atoms with E-state index < -0.39 is 0 Å². The summed E-state index contributed by atoms with van der Waals surface area (Å²) in [5.74, 6) is 0.774. The minimum atomic E-state index is -0.163. The average molecular weight is 235 g/mol. The van der Waals surface area contributed by atoms with E-state index in [2.05, 4.69) is 16.0 Å². The minimum absolute atomic E-state index is 0.163. The molecule has 0 radical (unpaired) electrons. The number of urea groups is 1. The van der Waals surface area contributed by atoms with Crippen molar-refractivity contribution in [1.82, 2.24) is 10.6 Å². The zero-order valence-corrected chi connectivity index (χ0v) is 9.82. The Labute approximate surface area is 101 Å². The molecular formula is C12H17N3O2. The van der Waals surface area contributed by atoms with Crippen LogP contribution in [0.3, 0.4) is 0 Å². The van der Waals surface area contributed by atoms with Crippen LogP contribution in [0.25, 0.3) is 0 Å². The number of methoxy groups -OCH3 is 1. The predicted molar refractivity (Wildman–Crippen MR) is 66.4 cm³/mol. The first-order valence-electron chi connectivity index (χ1n) is 5.70. The standard InChI is InChI=1S/C12H17N3O2/c1-17-11-4-2-9(3-5-11)14-12(16)15-10-6-7-13-8-10/h2-5,10,13H,6-8H2,1H3,(H2,14,15,16)/t10-/m1/s1. The molecule has 1 aliphatic heterocycles. The molecule has 0 unspecified atom stereocenters. The summed E-state index contributed by atoms with van der Waals surface area (Å²) in [6, 6.07) is 7.31. The molecule has 1 heterocycles. The van der Waals surface area contributed by atoms with Gasteiger partial charge in [-0.25, -0.2) is 4.79 Å². The number of amides is 2. The fourth-order valence-corrected chi connectivity index (χ4v) is 1.80. The van der Waals surface area contributed by atoms with E-state index in [1.165, 1.54) is 0 Å². The van der Waals surface area contributed by atoms with Crippen molar-refractivity contribution in [2.24, 2.45) is 0 Å². The zero-order valence-electron chi connectivity index (χ0n) is 9.82. The van der Waals surface area contributed by atoms with Gasteiger partial charge in [0.25, 0.3) is 0 Å². The first-order chi connectivity index (χ1) is 8.28. The fourth-order valence-electron chi connectivity index (χ4n) is 1.80. The van der Waals surface area contributed by atoms with E-state index in [0.717, 1.165) is 30.9 Å². The second-order valence-electron chi connectivity index (χ2n) is 4.02. The van der Waals surface area contributed by atoms with Crippen LogP contribution in [0.2, 0.25) is 0 Å². The molecule has 3 N–H and O–H groups in total. The largest absolute Gasteiger partial charge is 0.497 e. The van der Waals surface area contributed by atoms with Gasteiger partial charge in [-0.1, -0.05) is 0 Å². The molecule has 0 spiro atoms. The van der Waals surface area contributed by atoms with Crippen LogP contribution >= 0.6 is 0 Å². The molecular weight excluding hydrogens is 218 g/mol. The average Bonchev–Trinajstić information content (AvgIpc) is 2.82. The number of anilines is 1. The molecule has 1 aliphatic rings. The second-order valence-corrected chi connectivity index (χ2v) is 4.02. The van der Waals surface area contributed by atoms with E-state index in [-0.39, 0.29) is 12.1 Å². The van der Waals surface area contributed by atoms with Gasteiger partial charge in [-0.15, -0.1) is 0 Å². The van der Waals surface area contributed by atoms with Gasteiger partial charge in [-0.05, 0) is 37.2 Å². The highest BCUT2D eigenvalue weighted by Crippen LogP contribution is 2.14. The summed E-state index contributed by atoms with van der Waals surface area (Å²) < 4.78 is 5.05. The molecule has 92 valence electrons. The van der Waals surface area contributed by atoms with Gasteiger partial charge in [0.15, 0.2) is 0 Å². The Hall–Kier alpha value is -1.75. The molecule has 0 saturated carbocycles. The third-order valence-corrected chi connectivity index (χ3v) is 2.74. The number of hydrogen-bond acceptors (Lipinski definition) is 3. The van der Waals surface area contributed by atoms with Crippen LogP contribution < -0.4 is 20.7 Å². The maximum atomic E-state index is 11.6. The number of carbonyl (C=O) groups is 1. The third-order valence-electron chi connectivity index (χ3n) is 2.74. The van der Waals surface area contributed by atoms with Crippen LogP contribution in [-0.4, -0.2) is 32.3 Å². The number of carbonyl (C=O) groups excluding carboxylic acids is 1. The van der Waals surface area contributed by atoms with Crippen molar-refractivity contribution in [3.63, 3.8) is 0 Å². The number of benzene rings is 1. The zero-order chi connectivity index (χ0) is 12.1. The lowest BCUT2D eigenvalue weighted by atomic mass is 10.2. The molecule has 1 saturated heterocycles. The third kappa shape index (κ3) is 3.35. The molecule has 17 heavy (non-hydrogen) atoms. The Morgan fingerprint density at radius 3 is 2.76 bits per heavy atom. The normalized spacial score (nSPS) is 18.8. The summed E-state index contributed by atoms with van der Waals surface area (Å²) in [6.07, 6.45) is 0.982. The minimum Gasteiger partial charge on any atom is -0.497 e. The lowest BCUT2D eigenvalue weighted by molar-refractivity contribution is 0.249. The highest BCUT2D eigenvalue weighted by atomic mass is 16.5. The summed E-state index contributed by atoms with van der Waals surface area (Å²) in [7, 11) is 1.61. The van der Waals surface area contributed by atoms with Gasteiger partial charge >= 0.3 is 6.03 Å². The van der Waals surface area contributed by atoms with Crippen LogP contribution in [0.4, 0.5) is 10.5 Å². The highest BCUT2D eigenvalue weighted by molar-refractivity contribution is 5.89. The van der Waals surface area contributed by atoms with E-state index in [9.17, 15) is 4.79 Å². The van der Waals surface area contributed by atoms with E-state index in [1.807, 2.05) is 24.3 Å². The van der Waals surface area contributed by atoms with Gasteiger partial charge < -0.3 is 20.7 Å². The Morgan fingerprint density at radius 2 is 2.18 bits per heavy atom. The molecule has 1 atom stereocenters. The van der Waals surface area contributed by atoms with Crippen molar-refractivity contribution < 1.29 is 9.53 Å². The molecule has 1 aromatic carbocycles. The summed E-state index contributed by atoms with van der Waals surface area (Å²) >= 11 is 0. The van der Waals surface area contributed by atoms with Gasteiger partial charge in [0, 0.05) is 18.3 Å². The maximum absolute atomic E-state index is 11.6. The van der Waals surface area contributed by atoms with Crippen LogP contribution in [0.5, 0.6) is 5.75 Å². The van der Waals surface area contributed by atoms with Crippen LogP contribution in [-0.2, 0) is 0 Å². The summed E-state index contributed by atoms with van der Waals surface area (Å²) in [5, 5.41) is 8.90. The van der Waals surface area contributed by atoms with Gasteiger partial charge in [0.2, 0.25) is 0 Å². The molecule has 2 rings (SSSR count). The van der Waals surface area contributed by atoms with Crippen molar-refractivity contribution in [1.29, 1.82) is 0 Å². The Bertz CT molecular complexity index is 372. The summed E-state index contributed by atoms with van der Waals surface area (Å²) in [6.45, 7) is 1.81. The van der Waals surface area contributed by atoms with Gasteiger partial charge in [-0.3, -0.25) is 0 Å². The SMILES string of the molecule is COc1ccc(NC(=O)N[C@@H]2CCNC2)cc1. The Kier molecular flexibility index (Phi) is 3.82. The smallest absolute Gasteiger partial charge is 0.319 e. The van der Waals surface area contributed by atoms with E-state index in [1.54, 1.807) is 7.11 Å². The predicted octanol–water partition coefficient (Wildman–Crippen LogP) is 1.18. The summed E-state index contributed by atoms with van der Waals surface area (Å²) in [4.78, 5) is 11.6. The molecule has 5 heteroatoms. The quantitative estimate of drug-likeness (QED) is 0.737. The van der Waals surface area contributed by atoms with Crippen LogP contribution in [0, 0.1) is 0 Å². The Balaban J connectivity index is 1.84. The van der Waals surface area contributed by atoms with Gasteiger partial charge in [-0.2, -0.15) is 0 Å². The molecule has 0 aromatic heterocycles. The number of ether oxygens (including phenoxy) is 1. The van der Waals surface area contributed by atoms with Crippen LogP contribution in [0.1, 0.15) is 6.42 Å². The van der Waals surface area contributed by atoms with E-state index in [0.29, 0.717) is 0 Å². The second kappa shape index (κ2) is 5.54. The number of hydrogen-bond donors (Lipinski definition) is 3. The first kappa shape index (κ1) is 11.7. The molecule has 0 aliphatic carbocycles. The highest BCUT2D eigenvalue weighted by Gasteiger charge is 2.16. The van der Waals surface area contributed by atoms with E-state index >= 15 is 0 Å². The first-order valence-corrected chi connectivity index (χ1v) is 5.70. The molecule has 0 bridgehead atoms. The summed E-state index contributed by atoms with van der Waals surface area (Å²) in [5.41, 5.74) is 0.759. The van der Waals surface area contributed by atoms with Crippen molar-refractivity contribution >= 4 is 11.7 Å². The van der Waals surface area contributed by atoms with Crippen molar-refractivity contribution in [3.8, 4) is 5.75 Å². The lowest BCUT2D eigenvalue weighted by Gasteiger charge is -2.12. The fraction of sp³-hybridized carbons (Fsp3) is 0.417. The van der Waals surface area contributed by atoms with Gasteiger partial charge in [0.1, 0.15) is 5.75 Å². The molecule has 1 aromatic rings. The van der Waals surface area contributed by atoms with Crippen LogP contribution in [0.15, 0.2) is 24.3 Å². The molecule has 5 nitrogen and oxygen atoms in total. The Morgan fingerprint density at radius 1 is 1.41 bits per heavy atom. The lowest BCUT2D eigenvalue weighted by Crippen LogP contribution is -2.39. The topological polar surface area (TPSA) is 62.4 Å². The van der Waals surface area contributed by atoms with Gasteiger partial charge in [0.05, 0.1) is 7.11 Å². The van der Waals surface area contributed by atoms with Crippen molar-refractivity contribution in [2.75, 3.05) is 25.5 Å². The number of nitrogens with one attached hydrogen (secondary N) is 3.